The van der Waals surface area contributed by atoms with Gasteiger partial charge in [0.05, 0.1) is 0 Å². The summed E-state index contributed by atoms with van der Waals surface area (Å²) in [4.78, 5) is 4.19. The highest BCUT2D eigenvalue weighted by molar-refractivity contribution is 5.15. The third-order valence-electron chi connectivity index (χ3n) is 2.91. The predicted octanol–water partition coefficient (Wildman–Crippen LogP) is 2.42. The molecule has 1 saturated carbocycles. The fourth-order valence-corrected chi connectivity index (χ4v) is 2.11. The van der Waals surface area contributed by atoms with Gasteiger partial charge in [-0.1, -0.05) is 12.8 Å². The van der Waals surface area contributed by atoms with Crippen molar-refractivity contribution in [1.82, 2.24) is 10.3 Å². The molecule has 0 aromatic carbocycles. The van der Waals surface area contributed by atoms with Crippen LogP contribution in [-0.4, -0.2) is 11.0 Å². The first-order valence-electron chi connectivity index (χ1n) is 5.49. The van der Waals surface area contributed by atoms with Crippen molar-refractivity contribution in [2.75, 3.05) is 0 Å². The van der Waals surface area contributed by atoms with Crippen molar-refractivity contribution in [3.63, 3.8) is 0 Å². The Hall–Kier alpha value is -0.890. The maximum absolute atomic E-state index is 4.19. The fraction of sp³-hybridized carbons (Fsp3) is 0.583. The van der Waals surface area contributed by atoms with Gasteiger partial charge in [0, 0.05) is 24.5 Å². The second-order valence-electron chi connectivity index (χ2n) is 4.17. The molecule has 0 aliphatic heterocycles. The first-order chi connectivity index (χ1) is 6.84. The summed E-state index contributed by atoms with van der Waals surface area (Å²) >= 11 is 0. The molecule has 0 radical (unpaired) electrons. The van der Waals surface area contributed by atoms with E-state index in [1.54, 1.807) is 0 Å². The highest BCUT2D eigenvalue weighted by Gasteiger charge is 2.13. The fourth-order valence-electron chi connectivity index (χ4n) is 2.11. The molecule has 1 aromatic rings. The van der Waals surface area contributed by atoms with Gasteiger partial charge in [-0.3, -0.25) is 4.98 Å². The molecular formula is C12H18N2. The normalized spacial score (nSPS) is 17.5. The highest BCUT2D eigenvalue weighted by atomic mass is 14.9. The Labute approximate surface area is 85.7 Å². The lowest BCUT2D eigenvalue weighted by Crippen LogP contribution is -2.25. The number of hydrogen-bond donors (Lipinski definition) is 1. The predicted molar refractivity (Wildman–Crippen MR) is 58.1 cm³/mol. The minimum absolute atomic E-state index is 0.753. The number of rotatable bonds is 3. The van der Waals surface area contributed by atoms with Crippen LogP contribution < -0.4 is 5.32 Å². The maximum atomic E-state index is 4.19. The molecule has 1 aliphatic carbocycles. The van der Waals surface area contributed by atoms with Crippen molar-refractivity contribution >= 4 is 0 Å². The molecule has 0 spiro atoms. The molecule has 1 aromatic heterocycles. The summed E-state index contributed by atoms with van der Waals surface area (Å²) in [6, 6.07) is 5.00. The van der Waals surface area contributed by atoms with Crippen LogP contribution in [0.4, 0.5) is 0 Å². The van der Waals surface area contributed by atoms with Gasteiger partial charge in [0.15, 0.2) is 0 Å². The molecule has 1 N–H and O–H groups in total. The van der Waals surface area contributed by atoms with E-state index < -0.39 is 0 Å². The summed E-state index contributed by atoms with van der Waals surface area (Å²) in [6.07, 6.45) is 7.38. The molecule has 2 nitrogen and oxygen atoms in total. The molecule has 0 amide bonds. The number of hydrogen-bond acceptors (Lipinski definition) is 2. The maximum Gasteiger partial charge on any atom is 0.0375 e. The quantitative estimate of drug-likeness (QED) is 0.791. The molecule has 14 heavy (non-hydrogen) atoms. The smallest absolute Gasteiger partial charge is 0.0375 e. The van der Waals surface area contributed by atoms with Crippen LogP contribution >= 0.6 is 0 Å². The van der Waals surface area contributed by atoms with E-state index in [-0.39, 0.29) is 0 Å². The zero-order valence-electron chi connectivity index (χ0n) is 8.79. The van der Waals surface area contributed by atoms with E-state index in [1.807, 2.05) is 13.1 Å². The molecule has 1 aliphatic rings. The molecule has 1 fully saturated rings. The minimum Gasteiger partial charge on any atom is -0.310 e. The second kappa shape index (κ2) is 4.56. The van der Waals surface area contributed by atoms with Crippen LogP contribution in [0.1, 0.15) is 36.9 Å². The Morgan fingerprint density at radius 3 is 2.93 bits per heavy atom. The lowest BCUT2D eigenvalue weighted by atomic mass is 10.2. The van der Waals surface area contributed by atoms with E-state index in [1.165, 1.54) is 31.2 Å². The minimum atomic E-state index is 0.753. The van der Waals surface area contributed by atoms with Gasteiger partial charge in [0.25, 0.3) is 0 Å². The van der Waals surface area contributed by atoms with Crippen LogP contribution in [0.25, 0.3) is 0 Å². The van der Waals surface area contributed by atoms with E-state index in [0.29, 0.717) is 0 Å². The molecule has 0 atom stereocenters. The molecule has 2 heteroatoms. The lowest BCUT2D eigenvalue weighted by molar-refractivity contribution is 0.524. The third-order valence-corrected chi connectivity index (χ3v) is 2.91. The summed E-state index contributed by atoms with van der Waals surface area (Å²) in [7, 11) is 0. The van der Waals surface area contributed by atoms with Crippen molar-refractivity contribution in [2.24, 2.45) is 0 Å². The van der Waals surface area contributed by atoms with Gasteiger partial charge >= 0.3 is 0 Å². The van der Waals surface area contributed by atoms with Crippen LogP contribution in [0.2, 0.25) is 0 Å². The van der Waals surface area contributed by atoms with Gasteiger partial charge in [-0.2, -0.15) is 0 Å². The first-order valence-corrected chi connectivity index (χ1v) is 5.49. The van der Waals surface area contributed by atoms with E-state index in [9.17, 15) is 0 Å². The summed E-state index contributed by atoms with van der Waals surface area (Å²) in [6.45, 7) is 3.03. The largest absolute Gasteiger partial charge is 0.310 e. The number of aromatic nitrogens is 1. The Kier molecular flexibility index (Phi) is 3.14. The van der Waals surface area contributed by atoms with Crippen LogP contribution in [0.3, 0.4) is 0 Å². The SMILES string of the molecule is Cc1cc(CNC2CCCC2)ccn1. The molecule has 1 heterocycles. The van der Waals surface area contributed by atoms with Crippen LogP contribution in [-0.2, 0) is 6.54 Å². The summed E-state index contributed by atoms with van der Waals surface area (Å²) < 4.78 is 0. The van der Waals surface area contributed by atoms with Gasteiger partial charge in [-0.25, -0.2) is 0 Å². The second-order valence-corrected chi connectivity index (χ2v) is 4.17. The Bertz CT molecular complexity index is 290. The third kappa shape index (κ3) is 2.55. The zero-order chi connectivity index (χ0) is 9.80. The van der Waals surface area contributed by atoms with Crippen LogP contribution in [0.5, 0.6) is 0 Å². The number of nitrogens with one attached hydrogen (secondary N) is 1. The van der Waals surface area contributed by atoms with Crippen molar-refractivity contribution in [1.29, 1.82) is 0 Å². The number of aryl methyl sites for hydroxylation is 1. The van der Waals surface area contributed by atoms with Crippen LogP contribution in [0.15, 0.2) is 18.3 Å². The average molecular weight is 190 g/mol. The van der Waals surface area contributed by atoms with Gasteiger partial charge in [0.1, 0.15) is 0 Å². The lowest BCUT2D eigenvalue weighted by Gasteiger charge is -2.11. The van der Waals surface area contributed by atoms with Gasteiger partial charge in [0.2, 0.25) is 0 Å². The highest BCUT2D eigenvalue weighted by Crippen LogP contribution is 2.18. The topological polar surface area (TPSA) is 24.9 Å². The Morgan fingerprint density at radius 1 is 1.43 bits per heavy atom. The molecule has 2 rings (SSSR count). The van der Waals surface area contributed by atoms with Crippen molar-refractivity contribution < 1.29 is 0 Å². The van der Waals surface area contributed by atoms with Gasteiger partial charge in [-0.15, -0.1) is 0 Å². The Balaban J connectivity index is 1.85. The molecular weight excluding hydrogens is 172 g/mol. The van der Waals surface area contributed by atoms with E-state index in [2.05, 4.69) is 22.4 Å². The molecule has 0 saturated heterocycles. The van der Waals surface area contributed by atoms with E-state index in [4.69, 9.17) is 0 Å². The van der Waals surface area contributed by atoms with Crippen molar-refractivity contribution in [3.8, 4) is 0 Å². The Morgan fingerprint density at radius 2 is 2.21 bits per heavy atom. The summed E-state index contributed by atoms with van der Waals surface area (Å²) in [5.41, 5.74) is 2.46. The van der Waals surface area contributed by atoms with E-state index in [0.717, 1.165) is 18.3 Å². The zero-order valence-corrected chi connectivity index (χ0v) is 8.79. The number of pyridine rings is 1. The average Bonchev–Trinajstić information content (AvgIpc) is 2.67. The monoisotopic (exact) mass is 190 g/mol. The van der Waals surface area contributed by atoms with Crippen molar-refractivity contribution in [2.45, 2.75) is 45.2 Å². The molecule has 76 valence electrons. The first kappa shape index (κ1) is 9.66. The summed E-state index contributed by atoms with van der Waals surface area (Å²) in [5, 5.41) is 3.60. The van der Waals surface area contributed by atoms with Gasteiger partial charge < -0.3 is 5.32 Å². The van der Waals surface area contributed by atoms with Gasteiger partial charge in [-0.05, 0) is 37.5 Å². The summed E-state index contributed by atoms with van der Waals surface area (Å²) in [5.74, 6) is 0. The molecule has 0 unspecified atom stereocenters. The van der Waals surface area contributed by atoms with Crippen LogP contribution in [0, 0.1) is 6.92 Å². The molecule has 0 bridgehead atoms. The standard InChI is InChI=1S/C12H18N2/c1-10-8-11(6-7-13-10)9-14-12-4-2-3-5-12/h6-8,12,14H,2-5,9H2,1H3. The van der Waals surface area contributed by atoms with Crippen molar-refractivity contribution in [3.05, 3.63) is 29.6 Å². The number of nitrogens with zero attached hydrogens (tertiary/aromatic N) is 1. The van der Waals surface area contributed by atoms with E-state index >= 15 is 0 Å².